The first-order chi connectivity index (χ1) is 24.2. The zero-order valence-electron chi connectivity index (χ0n) is 31.4. The predicted molar refractivity (Wildman–Crippen MR) is 192 cm³/mol. The van der Waals surface area contributed by atoms with Gasteiger partial charge < -0.3 is 45.7 Å². The molecule has 286 valence electrons. The lowest BCUT2D eigenvalue weighted by Crippen LogP contribution is -2.85. The van der Waals surface area contributed by atoms with Crippen LogP contribution in [0.1, 0.15) is 98.3 Å². The number of carbonyl (C=O) groups is 2. The lowest BCUT2D eigenvalue weighted by atomic mass is 9.34. The van der Waals surface area contributed by atoms with Crippen molar-refractivity contribution in [3.8, 4) is 0 Å². The van der Waals surface area contributed by atoms with Crippen molar-refractivity contribution in [3.05, 3.63) is 23.3 Å². The first kappa shape index (κ1) is 37.6. The van der Waals surface area contributed by atoms with Crippen molar-refractivity contribution in [2.45, 2.75) is 133 Å². The molecule has 10 nitrogen and oxygen atoms in total. The fourth-order valence-corrected chi connectivity index (χ4v) is 13.7. The second-order valence-electron chi connectivity index (χ2n) is 18.4. The topological polar surface area (TPSA) is 169 Å². The number of nitrogens with one attached hydrogen (secondary N) is 2. The molecule has 7 N–H and O–H groups in total. The van der Waals surface area contributed by atoms with Gasteiger partial charge in [0.15, 0.2) is 0 Å². The summed E-state index contributed by atoms with van der Waals surface area (Å²) in [6.07, 6.45) is 8.10. The highest BCUT2D eigenvalue weighted by Gasteiger charge is 2.84. The standard InChI is InChI=1S/C41H64N2O8/c1-6-7-8-9-25-19-38(22-44)31-12-13-37(4)33-26(16-27(21-43-15-14-42-5)35-28(33)18-32(45)51-35)20-39(37,48)41(31,50)36(47)30-17-24(23(2)3)10-11-29(34(25)46)40(30,38)49/h16,18,22-26,29-31,33-36,42-43,46-50H,6-15,17,19-21H2,1-5H3/t24-,25-,26+,29-,30+,31+,33+,34-,35+,36-,37+,38-,39+,40+,41+/m0/s1. The third kappa shape index (κ3) is 4.98. The molecule has 7 aliphatic rings. The molecule has 0 bridgehead atoms. The van der Waals surface area contributed by atoms with Crippen LogP contribution in [0.25, 0.3) is 0 Å². The summed E-state index contributed by atoms with van der Waals surface area (Å²) in [5, 5.41) is 72.0. The van der Waals surface area contributed by atoms with E-state index >= 15 is 0 Å². The summed E-state index contributed by atoms with van der Waals surface area (Å²) in [6.45, 7) is 10.4. The molecule has 0 spiro atoms. The van der Waals surface area contributed by atoms with E-state index < -0.39 is 69.7 Å². The molecule has 51 heavy (non-hydrogen) atoms. The maximum atomic E-state index is 14.1. The van der Waals surface area contributed by atoms with Crippen LogP contribution in [-0.4, -0.2) is 99.6 Å². The zero-order chi connectivity index (χ0) is 36.7. The van der Waals surface area contributed by atoms with Crippen LogP contribution in [0.3, 0.4) is 0 Å². The molecular weight excluding hydrogens is 648 g/mol. The number of aliphatic hydroxyl groups is 5. The Morgan fingerprint density at radius 1 is 1.04 bits per heavy atom. The molecule has 0 aromatic rings. The van der Waals surface area contributed by atoms with Crippen LogP contribution in [0.4, 0.5) is 0 Å². The van der Waals surface area contributed by atoms with Gasteiger partial charge in [-0.15, -0.1) is 0 Å². The van der Waals surface area contributed by atoms with E-state index in [1.54, 1.807) is 6.08 Å². The molecule has 15 atom stereocenters. The van der Waals surface area contributed by atoms with Gasteiger partial charge in [0, 0.05) is 48.9 Å². The van der Waals surface area contributed by atoms with E-state index in [2.05, 4.69) is 37.5 Å². The Morgan fingerprint density at radius 3 is 2.49 bits per heavy atom. The van der Waals surface area contributed by atoms with Crippen molar-refractivity contribution in [2.75, 3.05) is 26.7 Å². The summed E-state index contributed by atoms with van der Waals surface area (Å²) in [7, 11) is 1.89. The van der Waals surface area contributed by atoms with E-state index in [0.29, 0.717) is 32.2 Å². The SMILES string of the molecule is CCCCC[C@H]1C[C@]2(C=O)[C@H]3CC[C@]4(C)[C@H]5C6=CC(=O)O[C@@H]6C(CNCCNC)=C[C@@H]5C[C@]4(O)[C@]3(O)[C@@H](O)[C@H]3C[C@@H](C(C)C)CC[C@@H]([C@H]1O)[C@@]32O. The van der Waals surface area contributed by atoms with Gasteiger partial charge in [0.2, 0.25) is 0 Å². The number of carbonyl (C=O) groups excluding carboxylic acids is 2. The Kier molecular flexibility index (Phi) is 9.80. The first-order valence-electron chi connectivity index (χ1n) is 20.2. The van der Waals surface area contributed by atoms with E-state index in [-0.39, 0.29) is 42.4 Å². The van der Waals surface area contributed by atoms with E-state index in [4.69, 9.17) is 4.74 Å². The average Bonchev–Trinajstić information content (AvgIpc) is 3.52. The largest absolute Gasteiger partial charge is 0.450 e. The third-order valence-electron chi connectivity index (χ3n) is 16.1. The summed E-state index contributed by atoms with van der Waals surface area (Å²) in [4.78, 5) is 26.9. The summed E-state index contributed by atoms with van der Waals surface area (Å²) in [5.41, 5.74) is -6.40. The number of rotatable bonds is 11. The molecular formula is C41H64N2O8. The molecule has 0 radical (unpaired) electrons. The van der Waals surface area contributed by atoms with Gasteiger partial charge in [-0.3, -0.25) is 0 Å². The first-order valence-corrected chi connectivity index (χ1v) is 20.2. The summed E-state index contributed by atoms with van der Waals surface area (Å²) in [6, 6.07) is 0. The van der Waals surface area contributed by atoms with Gasteiger partial charge in [0.1, 0.15) is 23.6 Å². The number of ether oxygens (including phenoxy) is 1. The highest BCUT2D eigenvalue weighted by atomic mass is 16.5. The molecule has 0 amide bonds. The van der Waals surface area contributed by atoms with Gasteiger partial charge in [-0.25, -0.2) is 4.79 Å². The number of esters is 1. The van der Waals surface area contributed by atoms with Crippen LogP contribution in [0.5, 0.6) is 0 Å². The van der Waals surface area contributed by atoms with Crippen LogP contribution in [0.15, 0.2) is 23.3 Å². The Morgan fingerprint density at radius 2 is 1.80 bits per heavy atom. The molecule has 0 unspecified atom stereocenters. The molecule has 5 fully saturated rings. The van der Waals surface area contributed by atoms with Crippen LogP contribution in [0.2, 0.25) is 0 Å². The Balaban J connectivity index is 1.36. The fraction of sp³-hybridized carbons (Fsp3) is 0.854. The van der Waals surface area contributed by atoms with Crippen LogP contribution >= 0.6 is 0 Å². The Bertz CT molecular complexity index is 1430. The van der Waals surface area contributed by atoms with E-state index in [0.717, 1.165) is 62.6 Å². The van der Waals surface area contributed by atoms with Gasteiger partial charge in [-0.05, 0) is 99.1 Å². The normalized spacial score (nSPS) is 49.8. The maximum Gasteiger partial charge on any atom is 0.331 e. The van der Waals surface area contributed by atoms with Crippen molar-refractivity contribution in [1.82, 2.24) is 10.6 Å². The fourth-order valence-electron chi connectivity index (χ4n) is 13.7. The molecule has 10 heteroatoms. The number of allylic oxidation sites excluding steroid dienone is 1. The second-order valence-corrected chi connectivity index (χ2v) is 18.4. The minimum Gasteiger partial charge on any atom is -0.450 e. The van der Waals surface area contributed by atoms with Crippen LogP contribution < -0.4 is 10.6 Å². The van der Waals surface area contributed by atoms with Crippen molar-refractivity contribution >= 4 is 12.3 Å². The number of aldehydes is 1. The summed E-state index contributed by atoms with van der Waals surface area (Å²) < 4.78 is 5.88. The Labute approximate surface area is 303 Å². The maximum absolute atomic E-state index is 14.1. The molecule has 1 aliphatic heterocycles. The number of likely N-dealkylation sites (N-methyl/N-ethyl adjacent to an activating group) is 1. The van der Waals surface area contributed by atoms with E-state index in [1.165, 1.54) is 0 Å². The average molecular weight is 713 g/mol. The third-order valence-corrected chi connectivity index (χ3v) is 16.1. The van der Waals surface area contributed by atoms with Gasteiger partial charge in [-0.1, -0.05) is 53.0 Å². The van der Waals surface area contributed by atoms with Crippen LogP contribution in [0, 0.1) is 58.2 Å². The molecule has 0 aromatic carbocycles. The lowest BCUT2D eigenvalue weighted by molar-refractivity contribution is -0.377. The predicted octanol–water partition coefficient (Wildman–Crippen LogP) is 3.04. The van der Waals surface area contributed by atoms with Crippen molar-refractivity contribution in [1.29, 1.82) is 0 Å². The molecule has 0 aromatic heterocycles. The number of aliphatic hydroxyl groups excluding tert-OH is 2. The number of hydrogen-bond donors (Lipinski definition) is 7. The minimum atomic E-state index is -2.12. The molecule has 7 rings (SSSR count). The highest BCUT2D eigenvalue weighted by molar-refractivity contribution is 5.87. The van der Waals surface area contributed by atoms with Gasteiger partial charge in [-0.2, -0.15) is 0 Å². The lowest BCUT2D eigenvalue weighted by Gasteiger charge is -2.73. The molecule has 5 saturated carbocycles. The quantitative estimate of drug-likeness (QED) is 0.0732. The smallest absolute Gasteiger partial charge is 0.331 e. The van der Waals surface area contributed by atoms with Crippen molar-refractivity contribution in [2.24, 2.45) is 58.2 Å². The molecule has 1 heterocycles. The molecule has 6 aliphatic carbocycles. The van der Waals surface area contributed by atoms with Gasteiger partial charge in [0.05, 0.1) is 23.2 Å². The molecule has 0 saturated heterocycles. The minimum absolute atomic E-state index is 0.0961. The van der Waals surface area contributed by atoms with E-state index in [1.807, 2.05) is 14.0 Å². The van der Waals surface area contributed by atoms with Crippen LogP contribution in [-0.2, 0) is 14.3 Å². The summed E-state index contributed by atoms with van der Waals surface area (Å²) in [5.74, 6) is -3.36. The van der Waals surface area contributed by atoms with Crippen molar-refractivity contribution in [3.63, 3.8) is 0 Å². The zero-order valence-corrected chi connectivity index (χ0v) is 31.4. The highest BCUT2D eigenvalue weighted by Crippen LogP contribution is 2.76. The van der Waals surface area contributed by atoms with Crippen molar-refractivity contribution < 1.29 is 39.9 Å². The van der Waals surface area contributed by atoms with Gasteiger partial charge in [0.25, 0.3) is 0 Å². The number of fused-ring (bicyclic) bond motifs is 8. The number of unbranched alkanes of at least 4 members (excludes halogenated alkanes) is 2. The number of hydrogen-bond acceptors (Lipinski definition) is 10. The van der Waals surface area contributed by atoms with E-state index in [9.17, 15) is 35.1 Å². The Hall–Kier alpha value is -1.66. The monoisotopic (exact) mass is 712 g/mol. The summed E-state index contributed by atoms with van der Waals surface area (Å²) >= 11 is 0. The second kappa shape index (κ2) is 13.3. The van der Waals surface area contributed by atoms with Gasteiger partial charge >= 0.3 is 5.97 Å².